The number of amides is 1. The molecule has 2 aromatic heterocycles. The number of aromatic nitrogens is 3. The summed E-state index contributed by atoms with van der Waals surface area (Å²) in [6.45, 7) is 4.50. The molecule has 0 unspecified atom stereocenters. The lowest BCUT2D eigenvalue weighted by Gasteiger charge is -2.35. The molecule has 0 saturated carbocycles. The first-order chi connectivity index (χ1) is 10.6. The number of carbonyl (C=O) groups is 1. The van der Waals surface area contributed by atoms with E-state index in [4.69, 9.17) is 4.52 Å². The number of rotatable bonds is 3. The van der Waals surface area contributed by atoms with Gasteiger partial charge in [0.2, 0.25) is 5.91 Å². The van der Waals surface area contributed by atoms with Crippen LogP contribution in [0.2, 0.25) is 0 Å². The van der Waals surface area contributed by atoms with E-state index in [1.54, 1.807) is 4.68 Å². The molecule has 1 amide bonds. The van der Waals surface area contributed by atoms with Gasteiger partial charge in [-0.25, -0.2) is 0 Å². The number of thioether (sulfide) groups is 1. The average molecular weight is 320 g/mol. The van der Waals surface area contributed by atoms with Gasteiger partial charge >= 0.3 is 0 Å². The van der Waals surface area contributed by atoms with Crippen LogP contribution in [-0.2, 0) is 18.3 Å². The van der Waals surface area contributed by atoms with Crippen molar-refractivity contribution in [3.05, 3.63) is 35.0 Å². The molecule has 2 aromatic rings. The maximum absolute atomic E-state index is 12.8. The van der Waals surface area contributed by atoms with Gasteiger partial charge in [0, 0.05) is 42.4 Å². The molecule has 3 heterocycles. The van der Waals surface area contributed by atoms with Gasteiger partial charge in [-0.15, -0.1) is 0 Å². The molecule has 3 rings (SSSR count). The molecule has 7 heteroatoms. The third-order valence-corrected chi connectivity index (χ3v) is 5.09. The second-order valence-electron chi connectivity index (χ2n) is 5.60. The van der Waals surface area contributed by atoms with Gasteiger partial charge in [0.1, 0.15) is 5.76 Å². The number of nitrogens with zero attached hydrogens (tertiary/aromatic N) is 4. The highest BCUT2D eigenvalue weighted by Gasteiger charge is 2.30. The van der Waals surface area contributed by atoms with E-state index in [1.165, 1.54) is 0 Å². The van der Waals surface area contributed by atoms with Crippen LogP contribution in [0.3, 0.4) is 0 Å². The standard InChI is InChI=1S/C15H20N4O2S/c1-10-13(11(2)21-17-10)6-15(20)19-4-5-22-9-14(19)12-7-16-18(3)8-12/h7-8,14H,4-6,9H2,1-3H3/t14-/m0/s1. The molecule has 1 fully saturated rings. The molecule has 0 aromatic carbocycles. The molecule has 0 radical (unpaired) electrons. The topological polar surface area (TPSA) is 64.2 Å². The van der Waals surface area contributed by atoms with Crippen molar-refractivity contribution in [2.75, 3.05) is 18.1 Å². The molecule has 0 N–H and O–H groups in total. The average Bonchev–Trinajstić information content (AvgIpc) is 3.08. The van der Waals surface area contributed by atoms with Crippen LogP contribution in [0.4, 0.5) is 0 Å². The lowest BCUT2D eigenvalue weighted by atomic mass is 10.1. The summed E-state index contributed by atoms with van der Waals surface area (Å²) < 4.78 is 6.94. The van der Waals surface area contributed by atoms with Crippen molar-refractivity contribution >= 4 is 17.7 Å². The van der Waals surface area contributed by atoms with E-state index in [0.29, 0.717) is 6.42 Å². The van der Waals surface area contributed by atoms with Crippen molar-refractivity contribution < 1.29 is 9.32 Å². The van der Waals surface area contributed by atoms with Crippen molar-refractivity contribution in [3.63, 3.8) is 0 Å². The van der Waals surface area contributed by atoms with Crippen LogP contribution in [0.5, 0.6) is 0 Å². The van der Waals surface area contributed by atoms with Gasteiger partial charge in [-0.2, -0.15) is 16.9 Å². The third kappa shape index (κ3) is 2.90. The minimum atomic E-state index is 0.0976. The number of aryl methyl sites for hydroxylation is 3. The zero-order chi connectivity index (χ0) is 15.7. The second kappa shape index (κ2) is 6.16. The predicted molar refractivity (Wildman–Crippen MR) is 84.7 cm³/mol. The van der Waals surface area contributed by atoms with Crippen LogP contribution < -0.4 is 0 Å². The van der Waals surface area contributed by atoms with Crippen molar-refractivity contribution in [3.8, 4) is 0 Å². The Morgan fingerprint density at radius 3 is 2.95 bits per heavy atom. The molecule has 6 nitrogen and oxygen atoms in total. The fraction of sp³-hybridized carbons (Fsp3) is 0.533. The van der Waals surface area contributed by atoms with E-state index in [1.807, 2.05) is 50.0 Å². The van der Waals surface area contributed by atoms with Gasteiger partial charge in [0.15, 0.2) is 0 Å². The van der Waals surface area contributed by atoms with Crippen LogP contribution in [0.15, 0.2) is 16.9 Å². The Hall–Kier alpha value is -1.76. The van der Waals surface area contributed by atoms with Crippen LogP contribution >= 0.6 is 11.8 Å². The molecular weight excluding hydrogens is 300 g/mol. The fourth-order valence-corrected chi connectivity index (χ4v) is 3.89. The summed E-state index contributed by atoms with van der Waals surface area (Å²) in [4.78, 5) is 14.8. The predicted octanol–water partition coefficient (Wildman–Crippen LogP) is 1.88. The Labute approximate surface area is 133 Å². The first-order valence-corrected chi connectivity index (χ1v) is 8.49. The summed E-state index contributed by atoms with van der Waals surface area (Å²) in [6, 6.07) is 0.0976. The largest absolute Gasteiger partial charge is 0.361 e. The summed E-state index contributed by atoms with van der Waals surface area (Å²) in [5, 5.41) is 8.17. The van der Waals surface area contributed by atoms with Gasteiger partial charge in [0.05, 0.1) is 24.4 Å². The second-order valence-corrected chi connectivity index (χ2v) is 6.75. The lowest BCUT2D eigenvalue weighted by molar-refractivity contribution is -0.132. The normalized spacial score (nSPS) is 18.7. The molecule has 0 spiro atoms. The van der Waals surface area contributed by atoms with Gasteiger partial charge in [-0.1, -0.05) is 5.16 Å². The molecule has 118 valence electrons. The molecule has 1 saturated heterocycles. The smallest absolute Gasteiger partial charge is 0.227 e. The highest BCUT2D eigenvalue weighted by molar-refractivity contribution is 7.99. The zero-order valence-electron chi connectivity index (χ0n) is 13.1. The molecule has 1 atom stereocenters. The van der Waals surface area contributed by atoms with Gasteiger partial charge in [-0.3, -0.25) is 9.48 Å². The van der Waals surface area contributed by atoms with E-state index in [0.717, 1.165) is 40.6 Å². The SMILES string of the molecule is Cc1noc(C)c1CC(=O)N1CCSC[C@H]1c1cnn(C)c1. The first-order valence-electron chi connectivity index (χ1n) is 7.33. The van der Waals surface area contributed by atoms with E-state index in [-0.39, 0.29) is 11.9 Å². The monoisotopic (exact) mass is 320 g/mol. The van der Waals surface area contributed by atoms with Crippen LogP contribution in [-0.4, -0.2) is 43.8 Å². The molecule has 0 bridgehead atoms. The quantitative estimate of drug-likeness (QED) is 0.864. The minimum absolute atomic E-state index is 0.0976. The summed E-state index contributed by atoms with van der Waals surface area (Å²) >= 11 is 1.88. The fourth-order valence-electron chi connectivity index (χ4n) is 2.80. The Bertz CT molecular complexity index is 659. The molecule has 22 heavy (non-hydrogen) atoms. The molecule has 1 aliphatic rings. The Morgan fingerprint density at radius 1 is 1.50 bits per heavy atom. The Morgan fingerprint density at radius 2 is 2.32 bits per heavy atom. The lowest BCUT2D eigenvalue weighted by Crippen LogP contribution is -2.41. The van der Waals surface area contributed by atoms with Crippen molar-refractivity contribution in [2.24, 2.45) is 7.05 Å². The van der Waals surface area contributed by atoms with E-state index >= 15 is 0 Å². The van der Waals surface area contributed by atoms with Crippen LogP contribution in [0.25, 0.3) is 0 Å². The van der Waals surface area contributed by atoms with Crippen LogP contribution in [0, 0.1) is 13.8 Å². The highest BCUT2D eigenvalue weighted by Crippen LogP contribution is 2.30. The van der Waals surface area contributed by atoms with Crippen molar-refractivity contribution in [1.29, 1.82) is 0 Å². The maximum Gasteiger partial charge on any atom is 0.227 e. The highest BCUT2D eigenvalue weighted by atomic mass is 32.2. The Balaban J connectivity index is 1.80. The molecular formula is C15H20N4O2S. The molecule has 0 aliphatic carbocycles. The van der Waals surface area contributed by atoms with Crippen molar-refractivity contribution in [1.82, 2.24) is 19.8 Å². The maximum atomic E-state index is 12.8. The number of hydrogen-bond donors (Lipinski definition) is 0. The van der Waals surface area contributed by atoms with Crippen LogP contribution in [0.1, 0.15) is 28.6 Å². The van der Waals surface area contributed by atoms with E-state index in [2.05, 4.69) is 10.3 Å². The summed E-state index contributed by atoms with van der Waals surface area (Å²) in [5.74, 6) is 2.75. The van der Waals surface area contributed by atoms with E-state index in [9.17, 15) is 4.79 Å². The van der Waals surface area contributed by atoms with Gasteiger partial charge < -0.3 is 9.42 Å². The summed E-state index contributed by atoms with van der Waals surface area (Å²) in [7, 11) is 1.90. The third-order valence-electron chi connectivity index (χ3n) is 4.07. The van der Waals surface area contributed by atoms with Gasteiger partial charge in [0.25, 0.3) is 0 Å². The molecule has 1 aliphatic heterocycles. The Kier molecular flexibility index (Phi) is 4.24. The zero-order valence-corrected chi connectivity index (χ0v) is 13.9. The minimum Gasteiger partial charge on any atom is -0.361 e. The summed E-state index contributed by atoms with van der Waals surface area (Å²) in [6.07, 6.45) is 4.20. The summed E-state index contributed by atoms with van der Waals surface area (Å²) in [5.41, 5.74) is 2.81. The van der Waals surface area contributed by atoms with Crippen molar-refractivity contribution in [2.45, 2.75) is 26.3 Å². The number of carbonyl (C=O) groups excluding carboxylic acids is 1. The first kappa shape index (κ1) is 15.1. The van der Waals surface area contributed by atoms with E-state index < -0.39 is 0 Å². The van der Waals surface area contributed by atoms with Gasteiger partial charge in [-0.05, 0) is 13.8 Å². The number of hydrogen-bond acceptors (Lipinski definition) is 5.